The van der Waals surface area contributed by atoms with Gasteiger partial charge in [-0.05, 0) is 49.7 Å². The second-order valence-corrected chi connectivity index (χ2v) is 11.7. The Hall–Kier alpha value is -4.26. The maximum atomic E-state index is 14.0. The highest BCUT2D eigenvalue weighted by molar-refractivity contribution is 6.02. The maximum Gasteiger partial charge on any atom is 0.247 e. The molecule has 0 bridgehead atoms. The van der Waals surface area contributed by atoms with Crippen molar-refractivity contribution in [3.8, 4) is 5.75 Å². The Kier molecular flexibility index (Phi) is 9.43. The fourth-order valence-corrected chi connectivity index (χ4v) is 6.43. The number of aromatic nitrogens is 2. The molecule has 3 aliphatic heterocycles. The van der Waals surface area contributed by atoms with E-state index in [-0.39, 0.29) is 17.8 Å². The summed E-state index contributed by atoms with van der Waals surface area (Å²) in [5.41, 5.74) is 3.00. The minimum Gasteiger partial charge on any atom is -0.494 e. The topological polar surface area (TPSA) is 98.3 Å². The van der Waals surface area contributed by atoms with E-state index in [1.54, 1.807) is 24.3 Å². The molecule has 45 heavy (non-hydrogen) atoms. The van der Waals surface area contributed by atoms with Gasteiger partial charge < -0.3 is 25.2 Å². The number of methoxy groups -OCH3 is 1. The Balaban J connectivity index is 1.22. The van der Waals surface area contributed by atoms with E-state index in [0.29, 0.717) is 47.8 Å². The molecule has 6 rings (SSSR count). The Labute approximate surface area is 263 Å². The number of halogens is 1. The van der Waals surface area contributed by atoms with Crippen LogP contribution in [-0.4, -0.2) is 91.7 Å². The number of rotatable bonds is 9. The predicted octanol–water partition coefficient (Wildman–Crippen LogP) is 4.59. The fraction of sp³-hybridized carbons (Fsp3) is 0.424. The molecule has 238 valence electrons. The third-order valence-electron chi connectivity index (χ3n) is 8.90. The first-order valence-electron chi connectivity index (χ1n) is 15.5. The lowest BCUT2D eigenvalue weighted by Crippen LogP contribution is -2.52. The molecule has 4 heterocycles. The lowest BCUT2D eigenvalue weighted by molar-refractivity contribution is -0.111. The summed E-state index contributed by atoms with van der Waals surface area (Å²) < 4.78 is 19.8. The number of amides is 1. The van der Waals surface area contributed by atoms with Gasteiger partial charge in [0, 0.05) is 63.9 Å². The molecule has 0 spiro atoms. The van der Waals surface area contributed by atoms with Crippen LogP contribution in [-0.2, 0) is 9.63 Å². The first kappa shape index (κ1) is 30.8. The minimum atomic E-state index is -0.293. The quantitative estimate of drug-likeness (QED) is 0.332. The van der Waals surface area contributed by atoms with E-state index in [1.165, 1.54) is 24.5 Å². The third kappa shape index (κ3) is 7.03. The molecule has 0 aliphatic carbocycles. The fourth-order valence-electron chi connectivity index (χ4n) is 6.43. The van der Waals surface area contributed by atoms with Crippen LogP contribution in [0.2, 0.25) is 0 Å². The van der Waals surface area contributed by atoms with E-state index >= 15 is 0 Å². The van der Waals surface area contributed by atoms with Gasteiger partial charge in [-0.15, -0.1) is 0 Å². The summed E-state index contributed by atoms with van der Waals surface area (Å²) in [7, 11) is 3.81. The van der Waals surface area contributed by atoms with Crippen molar-refractivity contribution in [2.24, 2.45) is 0 Å². The molecule has 3 aliphatic rings. The molecule has 2 aromatic carbocycles. The van der Waals surface area contributed by atoms with Crippen molar-refractivity contribution in [3.63, 3.8) is 0 Å². The van der Waals surface area contributed by atoms with E-state index in [9.17, 15) is 9.18 Å². The van der Waals surface area contributed by atoms with Gasteiger partial charge in [-0.3, -0.25) is 14.5 Å². The van der Waals surface area contributed by atoms with Crippen molar-refractivity contribution in [3.05, 3.63) is 72.8 Å². The standard InChI is InChI=1S/C33H41FN8O3/c1-4-33(43)38-26-19-27(30(44-3)20-29(26)41-11-8-25(9-12-41)40-15-13-39(2)14-16-40)37-31-21-32(36-22-35-31)42-28(10-17-45-42)23-6-5-7-24(34)18-23/h4-7,18-22,25,28H,1,8-17H2,2-3H3,(H,38,43)(H,35,36,37). The summed E-state index contributed by atoms with van der Waals surface area (Å²) >= 11 is 0. The highest BCUT2D eigenvalue weighted by Gasteiger charge is 2.30. The number of nitrogens with one attached hydrogen (secondary N) is 2. The van der Waals surface area contributed by atoms with E-state index < -0.39 is 0 Å². The molecule has 11 nitrogen and oxygen atoms in total. The second-order valence-electron chi connectivity index (χ2n) is 11.7. The van der Waals surface area contributed by atoms with Crippen LogP contribution in [0.25, 0.3) is 0 Å². The summed E-state index contributed by atoms with van der Waals surface area (Å²) in [6, 6.07) is 12.5. The van der Waals surface area contributed by atoms with E-state index in [4.69, 9.17) is 9.57 Å². The van der Waals surface area contributed by atoms with Gasteiger partial charge in [0.1, 0.15) is 23.7 Å². The van der Waals surface area contributed by atoms with Crippen LogP contribution < -0.4 is 25.3 Å². The van der Waals surface area contributed by atoms with Crippen LogP contribution >= 0.6 is 0 Å². The van der Waals surface area contributed by atoms with Crippen molar-refractivity contribution >= 4 is 34.6 Å². The molecule has 12 heteroatoms. The molecular formula is C33H41FN8O3. The molecule has 0 radical (unpaired) electrons. The normalized spacial score (nSPS) is 19.8. The first-order valence-corrected chi connectivity index (χ1v) is 15.5. The smallest absolute Gasteiger partial charge is 0.247 e. The summed E-state index contributed by atoms with van der Waals surface area (Å²) in [6.45, 7) is 10.3. The molecule has 3 saturated heterocycles. The van der Waals surface area contributed by atoms with Gasteiger partial charge in [0.15, 0.2) is 5.82 Å². The van der Waals surface area contributed by atoms with Gasteiger partial charge in [-0.25, -0.2) is 19.4 Å². The number of hydrogen-bond acceptors (Lipinski definition) is 10. The number of anilines is 5. The number of piperazine rings is 1. The maximum absolute atomic E-state index is 14.0. The van der Waals surface area contributed by atoms with Crippen molar-refractivity contribution in [1.82, 2.24) is 19.8 Å². The summed E-state index contributed by atoms with van der Waals surface area (Å²) in [5.74, 6) is 1.07. The zero-order chi connectivity index (χ0) is 31.3. The number of ether oxygens (including phenoxy) is 1. The lowest BCUT2D eigenvalue weighted by Gasteiger charge is -2.43. The molecule has 1 amide bonds. The van der Waals surface area contributed by atoms with Gasteiger partial charge in [0.2, 0.25) is 5.91 Å². The summed E-state index contributed by atoms with van der Waals surface area (Å²) in [5, 5.41) is 8.04. The Morgan fingerprint density at radius 1 is 1.04 bits per heavy atom. The van der Waals surface area contributed by atoms with Crippen molar-refractivity contribution in [1.29, 1.82) is 0 Å². The Morgan fingerprint density at radius 3 is 2.58 bits per heavy atom. The third-order valence-corrected chi connectivity index (χ3v) is 8.90. The SMILES string of the molecule is C=CC(=O)Nc1cc(Nc2cc(N3OCCC3c3cccc(F)c3)ncn2)c(OC)cc1N1CCC(N2CCN(C)CC2)CC1. The number of piperidine rings is 1. The highest BCUT2D eigenvalue weighted by Crippen LogP contribution is 2.40. The van der Waals surface area contributed by atoms with Crippen LogP contribution in [0.4, 0.5) is 33.1 Å². The average Bonchev–Trinajstić information content (AvgIpc) is 3.56. The van der Waals surface area contributed by atoms with Gasteiger partial charge in [0.25, 0.3) is 0 Å². The summed E-state index contributed by atoms with van der Waals surface area (Å²) in [6.07, 6.45) is 5.53. The van der Waals surface area contributed by atoms with Crippen molar-refractivity contribution < 1.29 is 18.8 Å². The van der Waals surface area contributed by atoms with E-state index in [1.807, 2.05) is 18.2 Å². The number of likely N-dealkylation sites (N-methyl/N-ethyl adjacent to an activating group) is 1. The van der Waals surface area contributed by atoms with Gasteiger partial charge in [-0.1, -0.05) is 18.7 Å². The van der Waals surface area contributed by atoms with Gasteiger partial charge in [-0.2, -0.15) is 0 Å². The second kappa shape index (κ2) is 13.8. The molecule has 3 aromatic rings. The average molecular weight is 617 g/mol. The lowest BCUT2D eigenvalue weighted by atomic mass is 10.0. The number of carbonyl (C=O) groups excluding carboxylic acids is 1. The van der Waals surface area contributed by atoms with Crippen molar-refractivity contribution in [2.45, 2.75) is 31.3 Å². The number of carbonyl (C=O) groups is 1. The molecule has 1 unspecified atom stereocenters. The Bertz CT molecular complexity index is 1510. The summed E-state index contributed by atoms with van der Waals surface area (Å²) in [4.78, 5) is 34.6. The highest BCUT2D eigenvalue weighted by atomic mass is 19.1. The van der Waals surface area contributed by atoms with E-state index in [2.05, 4.69) is 48.9 Å². The predicted molar refractivity (Wildman–Crippen MR) is 174 cm³/mol. The van der Waals surface area contributed by atoms with E-state index in [0.717, 1.165) is 63.4 Å². The zero-order valence-corrected chi connectivity index (χ0v) is 25.9. The largest absolute Gasteiger partial charge is 0.494 e. The first-order chi connectivity index (χ1) is 21.9. The monoisotopic (exact) mass is 616 g/mol. The van der Waals surface area contributed by atoms with Gasteiger partial charge >= 0.3 is 0 Å². The van der Waals surface area contributed by atoms with Crippen LogP contribution in [0, 0.1) is 5.82 Å². The molecule has 1 atom stereocenters. The van der Waals surface area contributed by atoms with Crippen LogP contribution in [0.3, 0.4) is 0 Å². The zero-order valence-electron chi connectivity index (χ0n) is 25.9. The number of hydrogen-bond donors (Lipinski definition) is 2. The van der Waals surface area contributed by atoms with Crippen LogP contribution in [0.5, 0.6) is 5.75 Å². The molecule has 2 N–H and O–H groups in total. The number of hydroxylamine groups is 1. The van der Waals surface area contributed by atoms with Gasteiger partial charge in [0.05, 0.1) is 36.8 Å². The molecule has 0 saturated carbocycles. The Morgan fingerprint density at radius 2 is 1.84 bits per heavy atom. The minimum absolute atomic E-state index is 0.182. The van der Waals surface area contributed by atoms with Crippen LogP contribution in [0.1, 0.15) is 30.9 Å². The number of nitrogens with zero attached hydrogens (tertiary/aromatic N) is 6. The molecule has 3 fully saturated rings. The molecular weight excluding hydrogens is 575 g/mol. The molecule has 1 aromatic heterocycles. The van der Waals surface area contributed by atoms with Crippen LogP contribution in [0.15, 0.2) is 61.4 Å². The van der Waals surface area contributed by atoms with Crippen molar-refractivity contribution in [2.75, 3.05) is 80.6 Å². The number of benzene rings is 2.